The van der Waals surface area contributed by atoms with Gasteiger partial charge in [0.25, 0.3) is 5.91 Å². The quantitative estimate of drug-likeness (QED) is 0.400. The number of rotatable bonds is 8. The Morgan fingerprint density at radius 1 is 1.00 bits per heavy atom. The Morgan fingerprint density at radius 2 is 1.71 bits per heavy atom. The summed E-state index contributed by atoms with van der Waals surface area (Å²) in [6, 6.07) is 20.3. The Balaban J connectivity index is 1.41. The minimum atomic E-state index is -0.641. The normalized spacial score (nSPS) is 16.3. The van der Waals surface area contributed by atoms with Gasteiger partial charge in [-0.2, -0.15) is 0 Å². The van der Waals surface area contributed by atoms with Crippen molar-refractivity contribution in [3.63, 3.8) is 0 Å². The zero-order valence-electron chi connectivity index (χ0n) is 19.0. The van der Waals surface area contributed by atoms with E-state index in [2.05, 4.69) is 20.8 Å². The fourth-order valence-electron chi connectivity index (χ4n) is 3.93. The zero-order valence-corrected chi connectivity index (χ0v) is 19.0. The SMILES string of the molecule is CO/N=C1/C[C@@H](C(=O)NCCNc2ccccc2)N(C(=O)c2ccc(-c3ccncc3)cc2)C1. The number of anilines is 1. The summed E-state index contributed by atoms with van der Waals surface area (Å²) in [7, 11) is 1.46. The molecule has 0 radical (unpaired) electrons. The molecular weight excluding hydrogens is 430 g/mol. The molecule has 4 rings (SSSR count). The van der Waals surface area contributed by atoms with Crippen molar-refractivity contribution >= 4 is 23.2 Å². The molecule has 0 unspecified atom stereocenters. The third-order valence-corrected chi connectivity index (χ3v) is 5.61. The van der Waals surface area contributed by atoms with E-state index in [0.717, 1.165) is 16.8 Å². The van der Waals surface area contributed by atoms with Gasteiger partial charge in [-0.15, -0.1) is 0 Å². The molecule has 1 fully saturated rings. The molecule has 1 atom stereocenters. The number of benzene rings is 2. The summed E-state index contributed by atoms with van der Waals surface area (Å²) in [6.07, 6.45) is 3.80. The monoisotopic (exact) mass is 457 g/mol. The van der Waals surface area contributed by atoms with Gasteiger partial charge in [0.05, 0.1) is 12.3 Å². The maximum absolute atomic E-state index is 13.3. The number of likely N-dealkylation sites (tertiary alicyclic amines) is 1. The molecular formula is C26H27N5O3. The molecule has 0 saturated carbocycles. The van der Waals surface area contributed by atoms with Crippen LogP contribution in [-0.4, -0.2) is 60.2 Å². The van der Waals surface area contributed by atoms with Crippen LogP contribution in [0.25, 0.3) is 11.1 Å². The number of oxime groups is 1. The number of nitrogens with zero attached hydrogens (tertiary/aromatic N) is 3. The van der Waals surface area contributed by atoms with Crippen molar-refractivity contribution in [3.05, 3.63) is 84.7 Å². The molecule has 3 aromatic rings. The van der Waals surface area contributed by atoms with E-state index >= 15 is 0 Å². The van der Waals surface area contributed by atoms with Crippen LogP contribution >= 0.6 is 0 Å². The highest BCUT2D eigenvalue weighted by Gasteiger charge is 2.38. The smallest absolute Gasteiger partial charge is 0.254 e. The zero-order chi connectivity index (χ0) is 23.8. The third-order valence-electron chi connectivity index (χ3n) is 5.61. The van der Waals surface area contributed by atoms with Gasteiger partial charge in [0.1, 0.15) is 13.2 Å². The minimum absolute atomic E-state index is 0.210. The van der Waals surface area contributed by atoms with Crippen molar-refractivity contribution in [2.45, 2.75) is 12.5 Å². The van der Waals surface area contributed by atoms with Crippen LogP contribution < -0.4 is 10.6 Å². The van der Waals surface area contributed by atoms with Crippen LogP contribution in [0, 0.1) is 0 Å². The molecule has 2 amide bonds. The Labute approximate surface area is 198 Å². The first-order chi connectivity index (χ1) is 16.7. The van der Waals surface area contributed by atoms with E-state index in [4.69, 9.17) is 4.84 Å². The summed E-state index contributed by atoms with van der Waals surface area (Å²) in [6.45, 7) is 1.26. The van der Waals surface area contributed by atoms with Crippen molar-refractivity contribution < 1.29 is 14.4 Å². The van der Waals surface area contributed by atoms with Gasteiger partial charge in [-0.3, -0.25) is 14.6 Å². The molecule has 1 aliphatic heterocycles. The maximum Gasteiger partial charge on any atom is 0.254 e. The number of carbonyl (C=O) groups excluding carboxylic acids is 2. The first-order valence-electron chi connectivity index (χ1n) is 11.1. The first kappa shape index (κ1) is 23.0. The molecule has 1 aromatic heterocycles. The summed E-state index contributed by atoms with van der Waals surface area (Å²) < 4.78 is 0. The van der Waals surface area contributed by atoms with Crippen LogP contribution in [0.4, 0.5) is 5.69 Å². The summed E-state index contributed by atoms with van der Waals surface area (Å²) in [5, 5.41) is 10.2. The molecule has 0 bridgehead atoms. The van der Waals surface area contributed by atoms with Crippen LogP contribution in [-0.2, 0) is 9.63 Å². The number of nitrogens with one attached hydrogen (secondary N) is 2. The van der Waals surface area contributed by atoms with E-state index in [1.165, 1.54) is 7.11 Å². The summed E-state index contributed by atoms with van der Waals surface area (Å²) in [5.74, 6) is -0.428. The van der Waals surface area contributed by atoms with Crippen molar-refractivity contribution in [3.8, 4) is 11.1 Å². The number of amides is 2. The molecule has 2 heterocycles. The third kappa shape index (κ3) is 5.58. The highest BCUT2D eigenvalue weighted by Crippen LogP contribution is 2.23. The number of hydrogen-bond acceptors (Lipinski definition) is 6. The van der Waals surface area contributed by atoms with Gasteiger partial charge in [0.15, 0.2) is 0 Å². The Morgan fingerprint density at radius 3 is 2.41 bits per heavy atom. The number of pyridine rings is 1. The minimum Gasteiger partial charge on any atom is -0.399 e. The largest absolute Gasteiger partial charge is 0.399 e. The predicted molar refractivity (Wildman–Crippen MR) is 131 cm³/mol. The topological polar surface area (TPSA) is 95.9 Å². The number of hydrogen-bond donors (Lipinski definition) is 2. The van der Waals surface area contributed by atoms with E-state index in [1.807, 2.05) is 54.6 Å². The lowest BCUT2D eigenvalue weighted by Gasteiger charge is -2.23. The van der Waals surface area contributed by atoms with Gasteiger partial charge >= 0.3 is 0 Å². The van der Waals surface area contributed by atoms with Gasteiger partial charge in [-0.1, -0.05) is 35.5 Å². The molecule has 1 aliphatic rings. The second kappa shape index (κ2) is 11.1. The standard InChI is InChI=1S/C26H27N5O3/c1-34-30-23-17-24(25(32)29-16-15-28-22-5-3-2-4-6-22)31(18-23)26(33)21-9-7-19(8-10-21)20-11-13-27-14-12-20/h2-14,24,28H,15-18H2,1H3,(H,29,32)/b30-23-/t24-/m0/s1. The summed E-state index contributed by atoms with van der Waals surface area (Å²) >= 11 is 0. The van der Waals surface area contributed by atoms with Crippen LogP contribution in [0.3, 0.4) is 0 Å². The molecule has 0 aliphatic carbocycles. The van der Waals surface area contributed by atoms with Crippen molar-refractivity contribution in [1.29, 1.82) is 0 Å². The van der Waals surface area contributed by atoms with Crippen LogP contribution in [0.1, 0.15) is 16.8 Å². The second-order valence-corrected chi connectivity index (χ2v) is 7.89. The molecule has 1 saturated heterocycles. The molecule has 174 valence electrons. The fraction of sp³-hybridized carbons (Fsp3) is 0.231. The summed E-state index contributed by atoms with van der Waals surface area (Å²) in [4.78, 5) is 36.8. The molecule has 2 aromatic carbocycles. The fourth-order valence-corrected chi connectivity index (χ4v) is 3.93. The molecule has 2 N–H and O–H groups in total. The first-order valence-corrected chi connectivity index (χ1v) is 11.1. The van der Waals surface area contributed by atoms with Crippen molar-refractivity contribution in [1.82, 2.24) is 15.2 Å². The van der Waals surface area contributed by atoms with Crippen LogP contribution in [0.15, 0.2) is 84.3 Å². The lowest BCUT2D eigenvalue weighted by Crippen LogP contribution is -2.46. The Hall–Kier alpha value is -4.20. The molecule has 0 spiro atoms. The second-order valence-electron chi connectivity index (χ2n) is 7.89. The van der Waals surface area contributed by atoms with Crippen LogP contribution in [0.2, 0.25) is 0 Å². The molecule has 34 heavy (non-hydrogen) atoms. The predicted octanol–water partition coefficient (Wildman–Crippen LogP) is 3.19. The molecule has 8 nitrogen and oxygen atoms in total. The van der Waals surface area contributed by atoms with Crippen LogP contribution in [0.5, 0.6) is 0 Å². The van der Waals surface area contributed by atoms with Gasteiger partial charge in [-0.05, 0) is 47.5 Å². The van der Waals surface area contributed by atoms with Gasteiger partial charge in [0.2, 0.25) is 5.91 Å². The van der Waals surface area contributed by atoms with E-state index < -0.39 is 6.04 Å². The number of para-hydroxylation sites is 1. The van der Waals surface area contributed by atoms with Crippen molar-refractivity contribution in [2.24, 2.45) is 5.16 Å². The lowest BCUT2D eigenvalue weighted by molar-refractivity contribution is -0.124. The van der Waals surface area contributed by atoms with Crippen molar-refractivity contribution in [2.75, 3.05) is 32.1 Å². The molecule has 8 heteroatoms. The highest BCUT2D eigenvalue weighted by molar-refractivity contribution is 6.05. The number of carbonyl (C=O) groups is 2. The van der Waals surface area contributed by atoms with E-state index in [-0.39, 0.29) is 18.4 Å². The highest BCUT2D eigenvalue weighted by atomic mass is 16.6. The van der Waals surface area contributed by atoms with Gasteiger partial charge in [-0.25, -0.2) is 0 Å². The van der Waals surface area contributed by atoms with Gasteiger partial charge < -0.3 is 20.4 Å². The van der Waals surface area contributed by atoms with E-state index in [0.29, 0.717) is 30.8 Å². The van der Waals surface area contributed by atoms with E-state index in [1.54, 1.807) is 29.4 Å². The Bertz CT molecular complexity index is 1130. The van der Waals surface area contributed by atoms with Gasteiger partial charge in [0, 0.05) is 43.2 Å². The summed E-state index contributed by atoms with van der Waals surface area (Å²) in [5.41, 5.74) is 4.17. The number of aromatic nitrogens is 1. The average Bonchev–Trinajstić information content (AvgIpc) is 3.31. The Kier molecular flexibility index (Phi) is 7.49. The maximum atomic E-state index is 13.3. The average molecular weight is 458 g/mol. The van der Waals surface area contributed by atoms with E-state index in [9.17, 15) is 9.59 Å². The lowest BCUT2D eigenvalue weighted by atomic mass is 10.0.